The highest BCUT2D eigenvalue weighted by molar-refractivity contribution is 5.59. The van der Waals surface area contributed by atoms with Crippen molar-refractivity contribution in [1.82, 2.24) is 29.9 Å². The molecule has 0 fully saturated rings. The lowest BCUT2D eigenvalue weighted by Gasteiger charge is -2.14. The fourth-order valence-corrected chi connectivity index (χ4v) is 2.77. The van der Waals surface area contributed by atoms with Gasteiger partial charge >= 0.3 is 6.01 Å². The zero-order chi connectivity index (χ0) is 19.9. The van der Waals surface area contributed by atoms with Gasteiger partial charge in [-0.2, -0.15) is 4.98 Å². The van der Waals surface area contributed by atoms with Gasteiger partial charge in [0.15, 0.2) is 11.5 Å². The second-order valence-electron chi connectivity index (χ2n) is 6.45. The average molecular weight is 385 g/mol. The fraction of sp³-hybridized carbons (Fsp3) is 0.474. The minimum absolute atomic E-state index is 0.0588. The van der Waals surface area contributed by atoms with Crippen molar-refractivity contribution in [2.24, 2.45) is 0 Å². The number of imidazole rings is 1. The van der Waals surface area contributed by atoms with Gasteiger partial charge in [-0.1, -0.05) is 19.9 Å². The summed E-state index contributed by atoms with van der Waals surface area (Å²) in [5, 5.41) is 7.51. The summed E-state index contributed by atoms with van der Waals surface area (Å²) in [6.07, 6.45) is 5.96. The average Bonchev–Trinajstić information content (AvgIpc) is 3.11. The van der Waals surface area contributed by atoms with Crippen molar-refractivity contribution in [3.8, 4) is 11.9 Å². The molecule has 9 heteroatoms. The number of pyridine rings is 1. The van der Waals surface area contributed by atoms with Gasteiger partial charge in [0.05, 0.1) is 11.9 Å². The highest BCUT2D eigenvalue weighted by Crippen LogP contribution is 2.19. The number of anilines is 1. The Labute approximate surface area is 164 Å². The third kappa shape index (κ3) is 4.66. The first-order valence-corrected chi connectivity index (χ1v) is 9.53. The number of ether oxygens (including phenoxy) is 2. The molecule has 0 aliphatic rings. The molecule has 0 saturated heterocycles. The number of nitrogens with one attached hydrogen (secondary N) is 1. The van der Waals surface area contributed by atoms with Crippen LogP contribution >= 0.6 is 0 Å². The Hall–Kier alpha value is -2.94. The number of fused-ring (bicyclic) bond motifs is 1. The molecule has 0 spiro atoms. The number of hydrogen-bond acceptors (Lipinski definition) is 8. The van der Waals surface area contributed by atoms with Crippen LogP contribution in [0, 0.1) is 0 Å². The van der Waals surface area contributed by atoms with Crippen LogP contribution in [-0.2, 0) is 6.42 Å². The lowest BCUT2D eigenvalue weighted by molar-refractivity contribution is 0.174. The van der Waals surface area contributed by atoms with E-state index >= 15 is 0 Å². The molecule has 150 valence electrons. The molecule has 9 nitrogen and oxygen atoms in total. The van der Waals surface area contributed by atoms with Gasteiger partial charge in [-0.3, -0.25) is 0 Å². The Morgan fingerprint density at radius 1 is 1.18 bits per heavy atom. The van der Waals surface area contributed by atoms with Crippen molar-refractivity contribution in [2.45, 2.75) is 39.2 Å². The molecular weight excluding hydrogens is 358 g/mol. The van der Waals surface area contributed by atoms with Crippen LogP contribution in [0.4, 0.5) is 5.82 Å². The highest BCUT2D eigenvalue weighted by Gasteiger charge is 2.15. The summed E-state index contributed by atoms with van der Waals surface area (Å²) in [7, 11) is 1.88. The second kappa shape index (κ2) is 9.32. The Bertz CT molecular complexity index is 891. The van der Waals surface area contributed by atoms with Crippen LogP contribution in [0.2, 0.25) is 0 Å². The van der Waals surface area contributed by atoms with Gasteiger partial charge in [-0.25, -0.2) is 14.5 Å². The normalized spacial score (nSPS) is 11.3. The molecule has 0 amide bonds. The molecule has 0 radical (unpaired) electrons. The first-order chi connectivity index (χ1) is 13.6. The van der Waals surface area contributed by atoms with Crippen molar-refractivity contribution < 1.29 is 9.47 Å². The van der Waals surface area contributed by atoms with E-state index in [0.717, 1.165) is 30.6 Å². The molecule has 0 atom stereocenters. The standard InChI is InChI=1S/C19H27N7O2/c1-4-15(5-2)28-19-24-17(20)18-23-12-14(26(18)25-19)10-13-6-7-16(22-11-13)27-9-8-21-3/h6-7,11-12,15,21H,4-5,8-10H2,1-3H3,(H2,20,24,25). The third-order valence-corrected chi connectivity index (χ3v) is 4.41. The van der Waals surface area contributed by atoms with E-state index in [1.54, 1.807) is 16.9 Å². The van der Waals surface area contributed by atoms with E-state index in [1.165, 1.54) is 0 Å². The lowest BCUT2D eigenvalue weighted by atomic mass is 10.2. The summed E-state index contributed by atoms with van der Waals surface area (Å²) in [5.74, 6) is 0.901. The Morgan fingerprint density at radius 3 is 2.68 bits per heavy atom. The van der Waals surface area contributed by atoms with E-state index in [0.29, 0.717) is 30.4 Å². The molecular formula is C19H27N7O2. The smallest absolute Gasteiger partial charge is 0.336 e. The largest absolute Gasteiger partial charge is 0.476 e. The number of aromatic nitrogens is 5. The summed E-state index contributed by atoms with van der Waals surface area (Å²) >= 11 is 0. The van der Waals surface area contributed by atoms with Crippen LogP contribution in [-0.4, -0.2) is 50.9 Å². The zero-order valence-corrected chi connectivity index (χ0v) is 16.6. The van der Waals surface area contributed by atoms with Crippen LogP contribution in [0.1, 0.15) is 37.9 Å². The zero-order valence-electron chi connectivity index (χ0n) is 16.6. The molecule has 3 rings (SSSR count). The lowest BCUT2D eigenvalue weighted by Crippen LogP contribution is -2.17. The Balaban J connectivity index is 1.78. The first kappa shape index (κ1) is 19.8. The van der Waals surface area contributed by atoms with Gasteiger partial charge < -0.3 is 20.5 Å². The molecule has 0 unspecified atom stereocenters. The molecule has 3 aromatic rings. The van der Waals surface area contributed by atoms with E-state index in [2.05, 4.69) is 39.2 Å². The first-order valence-electron chi connectivity index (χ1n) is 9.53. The Kier molecular flexibility index (Phi) is 6.59. The summed E-state index contributed by atoms with van der Waals surface area (Å²) in [6, 6.07) is 4.11. The third-order valence-electron chi connectivity index (χ3n) is 4.41. The van der Waals surface area contributed by atoms with Crippen molar-refractivity contribution in [3.63, 3.8) is 0 Å². The number of hydrogen-bond donors (Lipinski definition) is 2. The Morgan fingerprint density at radius 2 is 2.00 bits per heavy atom. The van der Waals surface area contributed by atoms with Gasteiger partial charge in [0.25, 0.3) is 0 Å². The highest BCUT2D eigenvalue weighted by atomic mass is 16.5. The number of nitrogens with zero attached hydrogens (tertiary/aromatic N) is 5. The van der Waals surface area contributed by atoms with Crippen molar-refractivity contribution in [1.29, 1.82) is 0 Å². The second-order valence-corrected chi connectivity index (χ2v) is 6.45. The minimum Gasteiger partial charge on any atom is -0.476 e. The fourth-order valence-electron chi connectivity index (χ4n) is 2.77. The minimum atomic E-state index is 0.0588. The molecule has 0 aromatic carbocycles. The van der Waals surface area contributed by atoms with Crippen molar-refractivity contribution >= 4 is 11.5 Å². The molecule has 3 heterocycles. The predicted octanol–water partition coefficient (Wildman–Crippen LogP) is 1.86. The van der Waals surface area contributed by atoms with Gasteiger partial charge in [-0.05, 0) is 25.5 Å². The molecule has 0 bridgehead atoms. The molecule has 0 aliphatic carbocycles. The van der Waals surface area contributed by atoms with Gasteiger partial charge in [-0.15, -0.1) is 5.10 Å². The van der Waals surface area contributed by atoms with Crippen LogP contribution in [0.3, 0.4) is 0 Å². The maximum Gasteiger partial charge on any atom is 0.336 e. The van der Waals surface area contributed by atoms with Gasteiger partial charge in [0.1, 0.15) is 12.7 Å². The van der Waals surface area contributed by atoms with Gasteiger partial charge in [0, 0.05) is 25.2 Å². The van der Waals surface area contributed by atoms with E-state index < -0.39 is 0 Å². The summed E-state index contributed by atoms with van der Waals surface area (Å²) < 4.78 is 13.1. The maximum absolute atomic E-state index is 6.05. The summed E-state index contributed by atoms with van der Waals surface area (Å²) in [5.41, 5.74) is 8.47. The number of nitrogens with two attached hydrogens (primary N) is 1. The van der Waals surface area contributed by atoms with Crippen LogP contribution in [0.15, 0.2) is 24.5 Å². The van der Waals surface area contributed by atoms with E-state index in [-0.39, 0.29) is 12.1 Å². The summed E-state index contributed by atoms with van der Waals surface area (Å²) in [4.78, 5) is 12.9. The van der Waals surface area contributed by atoms with E-state index in [1.807, 2.05) is 19.2 Å². The molecule has 28 heavy (non-hydrogen) atoms. The molecule has 3 N–H and O–H groups in total. The summed E-state index contributed by atoms with van der Waals surface area (Å²) in [6.45, 7) is 5.48. The van der Waals surface area contributed by atoms with Gasteiger partial charge in [0.2, 0.25) is 5.88 Å². The maximum atomic E-state index is 6.05. The number of rotatable bonds is 10. The monoisotopic (exact) mass is 385 g/mol. The van der Waals surface area contributed by atoms with Crippen molar-refractivity contribution in [3.05, 3.63) is 35.8 Å². The van der Waals surface area contributed by atoms with Crippen LogP contribution in [0.5, 0.6) is 11.9 Å². The predicted molar refractivity (Wildman–Crippen MR) is 107 cm³/mol. The quantitative estimate of drug-likeness (QED) is 0.509. The van der Waals surface area contributed by atoms with E-state index in [9.17, 15) is 0 Å². The topological polar surface area (TPSA) is 112 Å². The van der Waals surface area contributed by atoms with Crippen molar-refractivity contribution in [2.75, 3.05) is 25.9 Å². The molecule has 0 aliphatic heterocycles. The number of nitrogen functional groups attached to an aromatic ring is 1. The van der Waals surface area contributed by atoms with Crippen LogP contribution in [0.25, 0.3) is 5.65 Å². The SMILES string of the molecule is CCC(CC)Oc1nc(N)c2ncc(Cc3ccc(OCCNC)nc3)n2n1. The number of likely N-dealkylation sites (N-methyl/N-ethyl adjacent to an activating group) is 1. The van der Waals surface area contributed by atoms with E-state index in [4.69, 9.17) is 15.2 Å². The van der Waals surface area contributed by atoms with Crippen LogP contribution < -0.4 is 20.5 Å². The molecule has 3 aromatic heterocycles. The molecule has 0 saturated carbocycles.